The standard InChI is InChI=1S/C14H6F8S2/c15-8-4-7(5-9(16)6-8)10-2-1-3-11(23-13(17,18)19)12(10)24-14(20,21)22/h1-6H. The zero-order valence-corrected chi connectivity index (χ0v) is 12.9. The van der Waals surface area contributed by atoms with Crippen molar-refractivity contribution in [1.29, 1.82) is 0 Å². The van der Waals surface area contributed by atoms with E-state index in [4.69, 9.17) is 0 Å². The van der Waals surface area contributed by atoms with Crippen molar-refractivity contribution in [2.75, 3.05) is 0 Å². The summed E-state index contributed by atoms with van der Waals surface area (Å²) in [6, 6.07) is 5.04. The molecular weight excluding hydrogens is 384 g/mol. The van der Waals surface area contributed by atoms with Gasteiger partial charge in [0.25, 0.3) is 0 Å². The Bertz CT molecular complexity index is 716. The molecule has 0 bridgehead atoms. The van der Waals surface area contributed by atoms with Crippen LogP contribution in [0.15, 0.2) is 46.2 Å². The van der Waals surface area contributed by atoms with Crippen molar-refractivity contribution < 1.29 is 35.1 Å². The van der Waals surface area contributed by atoms with Crippen LogP contribution in [0.1, 0.15) is 0 Å². The summed E-state index contributed by atoms with van der Waals surface area (Å²) in [5, 5.41) is 0. The van der Waals surface area contributed by atoms with Crippen LogP contribution in [0.4, 0.5) is 35.1 Å². The van der Waals surface area contributed by atoms with E-state index >= 15 is 0 Å². The normalized spacial score (nSPS) is 12.5. The van der Waals surface area contributed by atoms with Crippen LogP contribution in [0.5, 0.6) is 0 Å². The molecule has 10 heteroatoms. The highest BCUT2D eigenvalue weighted by Crippen LogP contribution is 2.49. The lowest BCUT2D eigenvalue weighted by atomic mass is 10.1. The predicted octanol–water partition coefficient (Wildman–Crippen LogP) is 6.86. The second-order valence-electron chi connectivity index (χ2n) is 4.39. The maximum atomic E-state index is 13.3. The minimum Gasteiger partial charge on any atom is -0.207 e. The number of alkyl halides is 6. The van der Waals surface area contributed by atoms with E-state index in [0.717, 1.165) is 30.3 Å². The van der Waals surface area contributed by atoms with Gasteiger partial charge >= 0.3 is 11.0 Å². The van der Waals surface area contributed by atoms with Crippen molar-refractivity contribution in [1.82, 2.24) is 0 Å². The van der Waals surface area contributed by atoms with Gasteiger partial charge in [-0.15, -0.1) is 0 Å². The van der Waals surface area contributed by atoms with E-state index in [-0.39, 0.29) is 11.1 Å². The smallest absolute Gasteiger partial charge is 0.207 e. The molecule has 24 heavy (non-hydrogen) atoms. The predicted molar refractivity (Wildman–Crippen MR) is 75.6 cm³/mol. The highest BCUT2D eigenvalue weighted by atomic mass is 32.2. The Hall–Kier alpha value is -1.42. The van der Waals surface area contributed by atoms with Crippen molar-refractivity contribution in [2.24, 2.45) is 0 Å². The number of thioether (sulfide) groups is 2. The van der Waals surface area contributed by atoms with Gasteiger partial charge in [0.1, 0.15) is 11.6 Å². The molecule has 2 aromatic rings. The highest BCUT2D eigenvalue weighted by Gasteiger charge is 2.36. The molecule has 2 aromatic carbocycles. The van der Waals surface area contributed by atoms with Crippen LogP contribution < -0.4 is 0 Å². The first-order valence-corrected chi connectivity index (χ1v) is 7.69. The molecule has 0 amide bonds. The topological polar surface area (TPSA) is 0 Å². The van der Waals surface area contributed by atoms with Crippen molar-refractivity contribution in [3.63, 3.8) is 0 Å². The van der Waals surface area contributed by atoms with Gasteiger partial charge in [-0.3, -0.25) is 0 Å². The Balaban J connectivity index is 2.63. The first kappa shape index (κ1) is 18.9. The van der Waals surface area contributed by atoms with Gasteiger partial charge in [-0.1, -0.05) is 12.1 Å². The second kappa shape index (κ2) is 6.83. The lowest BCUT2D eigenvalue weighted by molar-refractivity contribution is -0.0346. The van der Waals surface area contributed by atoms with Crippen LogP contribution in [0.3, 0.4) is 0 Å². The zero-order chi connectivity index (χ0) is 18.1. The van der Waals surface area contributed by atoms with Crippen molar-refractivity contribution >= 4 is 23.5 Å². The fourth-order valence-electron chi connectivity index (χ4n) is 1.88. The van der Waals surface area contributed by atoms with E-state index in [1.807, 2.05) is 0 Å². The number of halogens is 8. The van der Waals surface area contributed by atoms with Crippen LogP contribution in [0.2, 0.25) is 0 Å². The van der Waals surface area contributed by atoms with Crippen molar-refractivity contribution in [3.05, 3.63) is 48.0 Å². The third-order valence-corrected chi connectivity index (χ3v) is 4.39. The molecule has 0 saturated carbocycles. The van der Waals surface area contributed by atoms with Gasteiger partial charge in [-0.05, 0) is 52.8 Å². The maximum absolute atomic E-state index is 13.3. The summed E-state index contributed by atoms with van der Waals surface area (Å²) < 4.78 is 103. The largest absolute Gasteiger partial charge is 0.446 e. The third kappa shape index (κ3) is 5.30. The van der Waals surface area contributed by atoms with Crippen LogP contribution in [0.25, 0.3) is 11.1 Å². The van der Waals surface area contributed by atoms with Gasteiger partial charge in [-0.25, -0.2) is 8.78 Å². The molecular formula is C14H6F8S2. The summed E-state index contributed by atoms with van der Waals surface area (Å²) in [4.78, 5) is -1.47. The molecule has 0 saturated heterocycles. The van der Waals surface area contributed by atoms with Crippen LogP contribution >= 0.6 is 23.5 Å². The SMILES string of the molecule is Fc1cc(F)cc(-c2cccc(SC(F)(F)F)c2SC(F)(F)F)c1. The van der Waals surface area contributed by atoms with Crippen LogP contribution in [-0.4, -0.2) is 11.0 Å². The van der Waals surface area contributed by atoms with E-state index in [0.29, 0.717) is 6.07 Å². The molecule has 0 radical (unpaired) electrons. The summed E-state index contributed by atoms with van der Waals surface area (Å²) in [5.74, 6) is -2.11. The van der Waals surface area contributed by atoms with Gasteiger partial charge in [0.15, 0.2) is 0 Å². The molecule has 0 unspecified atom stereocenters. The van der Waals surface area contributed by atoms with E-state index in [2.05, 4.69) is 0 Å². The molecule has 0 atom stereocenters. The molecule has 0 spiro atoms. The number of rotatable bonds is 3. The molecule has 0 aliphatic rings. The molecule has 0 aliphatic carbocycles. The average Bonchev–Trinajstić information content (AvgIpc) is 2.36. The van der Waals surface area contributed by atoms with E-state index in [1.165, 1.54) is 0 Å². The Labute approximate surface area is 139 Å². The summed E-state index contributed by atoms with van der Waals surface area (Å²) in [7, 11) is 0. The number of hydrogen-bond acceptors (Lipinski definition) is 2. The quantitative estimate of drug-likeness (QED) is 0.415. The summed E-state index contributed by atoms with van der Waals surface area (Å²) in [6.07, 6.45) is 0. The third-order valence-electron chi connectivity index (χ3n) is 2.60. The molecule has 130 valence electrons. The molecule has 0 N–H and O–H groups in total. The number of hydrogen-bond donors (Lipinski definition) is 0. The lowest BCUT2D eigenvalue weighted by Crippen LogP contribution is -2.04. The molecule has 0 fully saturated rings. The maximum Gasteiger partial charge on any atom is 0.446 e. The van der Waals surface area contributed by atoms with Gasteiger partial charge in [-0.2, -0.15) is 26.3 Å². The Morgan fingerprint density at radius 3 is 1.75 bits per heavy atom. The second-order valence-corrected chi connectivity index (χ2v) is 6.57. The van der Waals surface area contributed by atoms with E-state index < -0.39 is 56.0 Å². The molecule has 2 rings (SSSR count). The molecule has 0 aliphatic heterocycles. The average molecular weight is 390 g/mol. The monoisotopic (exact) mass is 390 g/mol. The van der Waals surface area contributed by atoms with Gasteiger partial charge in [0, 0.05) is 15.9 Å². The fraction of sp³-hybridized carbons (Fsp3) is 0.143. The Morgan fingerprint density at radius 1 is 0.708 bits per heavy atom. The minimum absolute atomic E-state index is 0.288. The minimum atomic E-state index is -4.87. The van der Waals surface area contributed by atoms with Crippen LogP contribution in [-0.2, 0) is 0 Å². The first-order valence-electron chi connectivity index (χ1n) is 6.05. The fourth-order valence-corrected chi connectivity index (χ4v) is 3.42. The Morgan fingerprint density at radius 2 is 1.25 bits per heavy atom. The van der Waals surface area contributed by atoms with E-state index in [1.54, 1.807) is 0 Å². The van der Waals surface area contributed by atoms with Gasteiger partial charge in [0.2, 0.25) is 0 Å². The highest BCUT2D eigenvalue weighted by molar-refractivity contribution is 8.03. The summed E-state index contributed by atoms with van der Waals surface area (Å²) in [6.45, 7) is 0. The Kier molecular flexibility index (Phi) is 5.38. The van der Waals surface area contributed by atoms with E-state index in [9.17, 15) is 35.1 Å². The van der Waals surface area contributed by atoms with Gasteiger partial charge in [0.05, 0.1) is 0 Å². The number of benzene rings is 2. The van der Waals surface area contributed by atoms with Crippen LogP contribution in [0, 0.1) is 11.6 Å². The van der Waals surface area contributed by atoms with Gasteiger partial charge < -0.3 is 0 Å². The van der Waals surface area contributed by atoms with Crippen molar-refractivity contribution in [2.45, 2.75) is 20.8 Å². The first-order chi connectivity index (χ1) is 10.9. The summed E-state index contributed by atoms with van der Waals surface area (Å²) >= 11 is -1.49. The molecule has 0 heterocycles. The van der Waals surface area contributed by atoms with Crippen molar-refractivity contribution in [3.8, 4) is 11.1 Å². The summed E-state index contributed by atoms with van der Waals surface area (Å²) in [5.41, 5.74) is -10.3. The zero-order valence-electron chi connectivity index (χ0n) is 11.3. The molecule has 0 nitrogen and oxygen atoms in total. The molecule has 0 aromatic heterocycles. The lowest BCUT2D eigenvalue weighted by Gasteiger charge is -2.16.